The summed E-state index contributed by atoms with van der Waals surface area (Å²) < 4.78 is 4.94. The number of hydrogen-bond acceptors (Lipinski definition) is 5. The zero-order chi connectivity index (χ0) is 11.7. The summed E-state index contributed by atoms with van der Waals surface area (Å²) in [5.41, 5.74) is 0. The van der Waals surface area contributed by atoms with Crippen LogP contribution in [-0.2, 0) is 9.53 Å². The van der Waals surface area contributed by atoms with E-state index < -0.39 is 0 Å². The van der Waals surface area contributed by atoms with Crippen LogP contribution >= 0.6 is 15.9 Å². The smallest absolute Gasteiger partial charge is 0.319 e. The summed E-state index contributed by atoms with van der Waals surface area (Å²) >= 11 is 3.10. The number of alkyl halides is 1. The van der Waals surface area contributed by atoms with Gasteiger partial charge in [-0.05, 0) is 6.92 Å². The lowest BCUT2D eigenvalue weighted by Gasteiger charge is -2.19. The lowest BCUT2D eigenvalue weighted by atomic mass is 10.4. The Kier molecular flexibility index (Phi) is 8.98. The molecule has 0 aliphatic rings. The van der Waals surface area contributed by atoms with Crippen molar-refractivity contribution in [1.82, 2.24) is 4.90 Å². The highest BCUT2D eigenvalue weighted by atomic mass is 79.9. The van der Waals surface area contributed by atoms with Crippen molar-refractivity contribution in [3.05, 3.63) is 0 Å². The highest BCUT2D eigenvalue weighted by molar-refractivity contribution is 9.10. The minimum Gasteiger partial charge on any atom is -0.463 e. The first-order valence-corrected chi connectivity index (χ1v) is 5.78. The zero-order valence-corrected chi connectivity index (χ0v) is 10.4. The van der Waals surface area contributed by atoms with Gasteiger partial charge in [-0.2, -0.15) is 0 Å². The largest absolute Gasteiger partial charge is 0.463 e. The molecular formula is C9H18BrNO4. The molecule has 90 valence electrons. The fourth-order valence-electron chi connectivity index (χ4n) is 1.01. The minimum atomic E-state index is -0.304. The highest BCUT2D eigenvalue weighted by Crippen LogP contribution is 2.00. The Bertz CT molecular complexity index is 171. The predicted octanol–water partition coefficient (Wildman–Crippen LogP) is -0.400. The average molecular weight is 284 g/mol. The number of esters is 1. The van der Waals surface area contributed by atoms with Gasteiger partial charge < -0.3 is 14.9 Å². The summed E-state index contributed by atoms with van der Waals surface area (Å²) in [7, 11) is 0. The SMILES string of the molecule is CC(Br)C(=O)OCCN(CCO)CCO. The molecule has 1 unspecified atom stereocenters. The maximum Gasteiger partial charge on any atom is 0.319 e. The summed E-state index contributed by atoms with van der Waals surface area (Å²) in [4.78, 5) is 12.6. The number of rotatable bonds is 8. The molecule has 0 rings (SSSR count). The van der Waals surface area contributed by atoms with E-state index in [9.17, 15) is 4.79 Å². The Labute approximate surface area is 98.1 Å². The molecule has 0 aromatic rings. The van der Waals surface area contributed by atoms with Gasteiger partial charge >= 0.3 is 5.97 Å². The normalized spacial score (nSPS) is 12.9. The molecule has 0 spiro atoms. The predicted molar refractivity (Wildman–Crippen MR) is 60.0 cm³/mol. The van der Waals surface area contributed by atoms with Gasteiger partial charge in [0.05, 0.1) is 13.2 Å². The number of nitrogens with zero attached hydrogens (tertiary/aromatic N) is 1. The molecule has 0 aromatic heterocycles. The number of ether oxygens (including phenoxy) is 1. The number of carbonyl (C=O) groups excluding carboxylic acids is 1. The minimum absolute atomic E-state index is 0.0305. The molecule has 1 atom stereocenters. The van der Waals surface area contributed by atoms with Crippen LogP contribution in [0.3, 0.4) is 0 Å². The van der Waals surface area contributed by atoms with E-state index in [1.807, 2.05) is 4.90 Å². The number of carbonyl (C=O) groups is 1. The first-order chi connectivity index (χ1) is 7.11. The van der Waals surface area contributed by atoms with Crippen LogP contribution in [0.1, 0.15) is 6.92 Å². The Hall–Kier alpha value is -0.170. The first kappa shape index (κ1) is 14.8. The fraction of sp³-hybridized carbons (Fsp3) is 0.889. The number of halogens is 1. The van der Waals surface area contributed by atoms with Crippen LogP contribution in [0.25, 0.3) is 0 Å². The molecule has 0 bridgehead atoms. The maximum absolute atomic E-state index is 11.1. The monoisotopic (exact) mass is 283 g/mol. The average Bonchev–Trinajstić information content (AvgIpc) is 2.18. The van der Waals surface area contributed by atoms with Crippen molar-refractivity contribution in [3.63, 3.8) is 0 Å². The maximum atomic E-state index is 11.1. The molecule has 5 nitrogen and oxygen atoms in total. The highest BCUT2D eigenvalue weighted by Gasteiger charge is 2.10. The molecule has 0 amide bonds. The molecular weight excluding hydrogens is 266 g/mol. The summed E-state index contributed by atoms with van der Waals surface area (Å²) in [6.45, 7) is 3.50. The van der Waals surface area contributed by atoms with E-state index in [0.29, 0.717) is 19.6 Å². The van der Waals surface area contributed by atoms with Crippen molar-refractivity contribution in [2.24, 2.45) is 0 Å². The van der Waals surface area contributed by atoms with Gasteiger partial charge in [-0.3, -0.25) is 9.69 Å². The van der Waals surface area contributed by atoms with E-state index in [2.05, 4.69) is 15.9 Å². The van der Waals surface area contributed by atoms with Crippen LogP contribution in [0.15, 0.2) is 0 Å². The van der Waals surface area contributed by atoms with Crippen molar-refractivity contribution < 1.29 is 19.7 Å². The van der Waals surface area contributed by atoms with Crippen molar-refractivity contribution in [2.75, 3.05) is 39.5 Å². The molecule has 0 radical (unpaired) electrons. The summed E-state index contributed by atoms with van der Waals surface area (Å²) in [5.74, 6) is -0.303. The third-order valence-electron chi connectivity index (χ3n) is 1.81. The van der Waals surface area contributed by atoms with Crippen LogP contribution in [0.4, 0.5) is 0 Å². The van der Waals surface area contributed by atoms with Gasteiger partial charge in [0, 0.05) is 19.6 Å². The molecule has 0 fully saturated rings. The molecule has 6 heteroatoms. The molecule has 0 aliphatic carbocycles. The van der Waals surface area contributed by atoms with Gasteiger partial charge in [-0.1, -0.05) is 15.9 Å². The first-order valence-electron chi connectivity index (χ1n) is 4.86. The van der Waals surface area contributed by atoms with Crippen molar-refractivity contribution in [1.29, 1.82) is 0 Å². The third-order valence-corrected chi connectivity index (χ3v) is 2.18. The van der Waals surface area contributed by atoms with Crippen molar-refractivity contribution in [3.8, 4) is 0 Å². The number of hydrogen-bond donors (Lipinski definition) is 2. The molecule has 0 aliphatic heterocycles. The standard InChI is InChI=1S/C9H18BrNO4/c1-8(10)9(14)15-7-4-11(2-5-12)3-6-13/h8,12-13H,2-7H2,1H3. The van der Waals surface area contributed by atoms with Gasteiger partial charge in [0.15, 0.2) is 0 Å². The Morgan fingerprint density at radius 1 is 1.33 bits per heavy atom. The lowest BCUT2D eigenvalue weighted by Crippen LogP contribution is -2.33. The van der Waals surface area contributed by atoms with E-state index in [1.54, 1.807) is 6.92 Å². The quantitative estimate of drug-likeness (QED) is 0.469. The number of aliphatic hydroxyl groups excluding tert-OH is 2. The third kappa shape index (κ3) is 7.72. The molecule has 15 heavy (non-hydrogen) atoms. The van der Waals surface area contributed by atoms with Crippen LogP contribution < -0.4 is 0 Å². The zero-order valence-electron chi connectivity index (χ0n) is 8.86. The van der Waals surface area contributed by atoms with Crippen LogP contribution in [0.2, 0.25) is 0 Å². The van der Waals surface area contributed by atoms with Crippen molar-refractivity contribution >= 4 is 21.9 Å². The van der Waals surface area contributed by atoms with Crippen LogP contribution in [0.5, 0.6) is 0 Å². The van der Waals surface area contributed by atoms with Crippen LogP contribution in [-0.4, -0.2) is 65.4 Å². The Balaban J connectivity index is 3.65. The fourth-order valence-corrected chi connectivity index (χ4v) is 1.14. The van der Waals surface area contributed by atoms with E-state index in [4.69, 9.17) is 14.9 Å². The Morgan fingerprint density at radius 3 is 2.27 bits per heavy atom. The van der Waals surface area contributed by atoms with Gasteiger partial charge in [0.1, 0.15) is 11.4 Å². The van der Waals surface area contributed by atoms with E-state index >= 15 is 0 Å². The summed E-state index contributed by atoms with van der Waals surface area (Å²) in [6.07, 6.45) is 0. The number of aliphatic hydroxyl groups is 2. The van der Waals surface area contributed by atoms with Gasteiger partial charge in [0.25, 0.3) is 0 Å². The van der Waals surface area contributed by atoms with E-state index in [1.165, 1.54) is 0 Å². The van der Waals surface area contributed by atoms with Gasteiger partial charge in [-0.25, -0.2) is 0 Å². The summed E-state index contributed by atoms with van der Waals surface area (Å²) in [5, 5.41) is 17.4. The summed E-state index contributed by atoms with van der Waals surface area (Å²) in [6, 6.07) is 0. The lowest BCUT2D eigenvalue weighted by molar-refractivity contribution is -0.142. The van der Waals surface area contributed by atoms with Crippen molar-refractivity contribution in [2.45, 2.75) is 11.8 Å². The van der Waals surface area contributed by atoms with Gasteiger partial charge in [0.2, 0.25) is 0 Å². The molecule has 2 N–H and O–H groups in total. The second-order valence-electron chi connectivity index (χ2n) is 3.07. The second-order valence-corrected chi connectivity index (χ2v) is 4.45. The second kappa shape index (κ2) is 9.08. The van der Waals surface area contributed by atoms with Crippen LogP contribution in [0, 0.1) is 0 Å². The van der Waals surface area contributed by atoms with E-state index in [0.717, 1.165) is 0 Å². The van der Waals surface area contributed by atoms with Gasteiger partial charge in [-0.15, -0.1) is 0 Å². The van der Waals surface area contributed by atoms with E-state index in [-0.39, 0.29) is 30.6 Å². The molecule has 0 saturated heterocycles. The molecule has 0 saturated carbocycles. The topological polar surface area (TPSA) is 70.0 Å². The Morgan fingerprint density at radius 2 is 1.87 bits per heavy atom. The molecule has 0 aromatic carbocycles. The molecule has 0 heterocycles.